The van der Waals surface area contributed by atoms with Crippen LogP contribution in [0.25, 0.3) is 21.5 Å². The van der Waals surface area contributed by atoms with Crippen LogP contribution in [0, 0.1) is 6.92 Å². The number of thiophene rings is 1. The summed E-state index contributed by atoms with van der Waals surface area (Å²) in [5, 5.41) is 7.49. The van der Waals surface area contributed by atoms with Crippen molar-refractivity contribution >= 4 is 33.6 Å². The van der Waals surface area contributed by atoms with Gasteiger partial charge in [0, 0.05) is 40.9 Å². The highest BCUT2D eigenvalue weighted by atomic mass is 32.1. The zero-order valence-corrected chi connectivity index (χ0v) is 16.6. The summed E-state index contributed by atoms with van der Waals surface area (Å²) >= 11 is 3.39. The Labute approximate surface area is 164 Å². The van der Waals surface area contributed by atoms with Crippen molar-refractivity contribution in [2.24, 2.45) is 0 Å². The summed E-state index contributed by atoms with van der Waals surface area (Å²) < 4.78 is 10.5. The molecule has 7 heteroatoms. The molecule has 0 amide bonds. The van der Waals surface area contributed by atoms with Gasteiger partial charge in [0.1, 0.15) is 11.3 Å². The lowest BCUT2D eigenvalue weighted by Crippen LogP contribution is -2.14. The highest BCUT2D eigenvalue weighted by molar-refractivity contribution is 7.16. The molecule has 0 atom stereocenters. The molecule has 3 aromatic heterocycles. The lowest BCUT2D eigenvalue weighted by Gasteiger charge is -2.08. The SMILES string of the molecule is COc1ccc2c(CNCc3ccc(-c4csc(C)n4)s3)cc(=O)oc2c1. The number of benzene rings is 1. The van der Waals surface area contributed by atoms with Crippen LogP contribution < -0.4 is 15.7 Å². The third kappa shape index (κ3) is 3.95. The van der Waals surface area contributed by atoms with Crippen molar-refractivity contribution in [2.75, 3.05) is 7.11 Å². The summed E-state index contributed by atoms with van der Waals surface area (Å²) in [5.74, 6) is 0.666. The van der Waals surface area contributed by atoms with Gasteiger partial charge in [-0.3, -0.25) is 0 Å². The van der Waals surface area contributed by atoms with Crippen LogP contribution in [0.5, 0.6) is 5.75 Å². The quantitative estimate of drug-likeness (QED) is 0.482. The van der Waals surface area contributed by atoms with Crippen molar-refractivity contribution in [3.05, 3.63) is 67.6 Å². The molecule has 0 radical (unpaired) electrons. The van der Waals surface area contributed by atoms with Gasteiger partial charge in [0.05, 0.1) is 22.7 Å². The number of aromatic nitrogens is 1. The van der Waals surface area contributed by atoms with Gasteiger partial charge in [0.25, 0.3) is 0 Å². The van der Waals surface area contributed by atoms with Gasteiger partial charge < -0.3 is 14.5 Å². The van der Waals surface area contributed by atoms with E-state index in [2.05, 4.69) is 27.8 Å². The molecule has 1 N–H and O–H groups in total. The van der Waals surface area contributed by atoms with Gasteiger partial charge >= 0.3 is 5.63 Å². The van der Waals surface area contributed by atoms with E-state index in [1.807, 2.05) is 19.1 Å². The summed E-state index contributed by atoms with van der Waals surface area (Å²) in [4.78, 5) is 18.8. The first-order chi connectivity index (χ1) is 13.1. The topological polar surface area (TPSA) is 64.4 Å². The fraction of sp³-hybridized carbons (Fsp3) is 0.200. The van der Waals surface area contributed by atoms with E-state index in [1.54, 1.807) is 41.9 Å². The van der Waals surface area contributed by atoms with Crippen LogP contribution >= 0.6 is 22.7 Å². The number of hydrogen-bond donors (Lipinski definition) is 1. The molecule has 4 aromatic rings. The van der Waals surface area contributed by atoms with E-state index in [1.165, 1.54) is 9.75 Å². The number of rotatable bonds is 6. The largest absolute Gasteiger partial charge is 0.497 e. The molecule has 0 aliphatic rings. The number of hydrogen-bond acceptors (Lipinski definition) is 7. The second-order valence-corrected chi connectivity index (χ2v) is 8.30. The predicted octanol–water partition coefficient (Wildman–Crippen LogP) is 4.58. The molecule has 4 rings (SSSR count). The maximum atomic E-state index is 11.9. The Kier molecular flexibility index (Phi) is 5.07. The average molecular weight is 399 g/mol. The summed E-state index contributed by atoms with van der Waals surface area (Å²) in [5.41, 5.74) is 2.13. The Morgan fingerprint density at radius 1 is 1.19 bits per heavy atom. The molecule has 0 bridgehead atoms. The van der Waals surface area contributed by atoms with E-state index in [-0.39, 0.29) is 5.63 Å². The third-order valence-corrected chi connectivity index (χ3v) is 6.07. The van der Waals surface area contributed by atoms with E-state index < -0.39 is 0 Å². The summed E-state index contributed by atoms with van der Waals surface area (Å²) in [6.07, 6.45) is 0. The minimum Gasteiger partial charge on any atom is -0.497 e. The number of methoxy groups -OCH3 is 1. The van der Waals surface area contributed by atoms with Crippen LogP contribution in [0.4, 0.5) is 0 Å². The van der Waals surface area contributed by atoms with E-state index in [9.17, 15) is 4.79 Å². The third-order valence-electron chi connectivity index (χ3n) is 4.19. The first-order valence-corrected chi connectivity index (χ1v) is 10.1. The molecule has 5 nitrogen and oxygen atoms in total. The van der Waals surface area contributed by atoms with Crippen LogP contribution in [0.15, 0.2) is 51.0 Å². The molecule has 0 unspecified atom stereocenters. The molecule has 0 saturated heterocycles. The fourth-order valence-electron chi connectivity index (χ4n) is 2.89. The highest BCUT2D eigenvalue weighted by Gasteiger charge is 2.09. The van der Waals surface area contributed by atoms with Crippen molar-refractivity contribution in [1.82, 2.24) is 10.3 Å². The number of fused-ring (bicyclic) bond motifs is 1. The van der Waals surface area contributed by atoms with Gasteiger partial charge in [-0.25, -0.2) is 9.78 Å². The van der Waals surface area contributed by atoms with Crippen molar-refractivity contribution < 1.29 is 9.15 Å². The average Bonchev–Trinajstić information content (AvgIpc) is 3.30. The van der Waals surface area contributed by atoms with Crippen LogP contribution in [-0.2, 0) is 13.1 Å². The minimum absolute atomic E-state index is 0.357. The van der Waals surface area contributed by atoms with Crippen LogP contribution in [0.1, 0.15) is 15.4 Å². The molecule has 0 spiro atoms. The van der Waals surface area contributed by atoms with Crippen LogP contribution in [-0.4, -0.2) is 12.1 Å². The lowest BCUT2D eigenvalue weighted by atomic mass is 10.1. The lowest BCUT2D eigenvalue weighted by molar-refractivity contribution is 0.414. The van der Waals surface area contributed by atoms with E-state index in [4.69, 9.17) is 9.15 Å². The second kappa shape index (κ2) is 7.64. The number of aryl methyl sites for hydroxylation is 1. The van der Waals surface area contributed by atoms with Crippen molar-refractivity contribution in [2.45, 2.75) is 20.0 Å². The summed E-state index contributed by atoms with van der Waals surface area (Å²) in [6.45, 7) is 3.32. The molecule has 138 valence electrons. The zero-order chi connectivity index (χ0) is 18.8. The van der Waals surface area contributed by atoms with E-state index >= 15 is 0 Å². The highest BCUT2D eigenvalue weighted by Crippen LogP contribution is 2.29. The second-order valence-electron chi connectivity index (χ2n) is 6.07. The van der Waals surface area contributed by atoms with Gasteiger partial charge in [-0.2, -0.15) is 0 Å². The fourth-order valence-corrected chi connectivity index (χ4v) is 4.52. The number of nitrogens with one attached hydrogen (secondary N) is 1. The standard InChI is InChI=1S/C20H18N2O3S2/c1-12-22-17(11-26-12)19-6-4-15(27-19)10-21-9-13-7-20(23)25-18-8-14(24-2)3-5-16(13)18/h3-8,11,21H,9-10H2,1-2H3. The molecule has 27 heavy (non-hydrogen) atoms. The van der Waals surface area contributed by atoms with Gasteiger partial charge in [-0.1, -0.05) is 0 Å². The first kappa shape index (κ1) is 17.9. The first-order valence-electron chi connectivity index (χ1n) is 8.45. The molecule has 0 aliphatic heterocycles. The normalized spacial score (nSPS) is 11.2. The Morgan fingerprint density at radius 2 is 2.07 bits per heavy atom. The molecule has 0 fully saturated rings. The smallest absolute Gasteiger partial charge is 0.336 e. The predicted molar refractivity (Wildman–Crippen MR) is 110 cm³/mol. The van der Waals surface area contributed by atoms with E-state index in [0.717, 1.165) is 28.2 Å². The summed E-state index contributed by atoms with van der Waals surface area (Å²) in [6, 6.07) is 11.3. The molecule has 0 aliphatic carbocycles. The molecular formula is C20H18N2O3S2. The maximum Gasteiger partial charge on any atom is 0.336 e. The van der Waals surface area contributed by atoms with Crippen LogP contribution in [0.3, 0.4) is 0 Å². The number of nitrogens with zero attached hydrogens (tertiary/aromatic N) is 1. The molecule has 0 saturated carbocycles. The Bertz CT molecular complexity index is 1140. The van der Waals surface area contributed by atoms with Crippen LogP contribution in [0.2, 0.25) is 0 Å². The van der Waals surface area contributed by atoms with Gasteiger partial charge in [-0.05, 0) is 36.8 Å². The Hall–Kier alpha value is -2.48. The number of ether oxygens (including phenoxy) is 1. The Morgan fingerprint density at radius 3 is 2.85 bits per heavy atom. The van der Waals surface area contributed by atoms with Crippen molar-refractivity contribution in [1.29, 1.82) is 0 Å². The van der Waals surface area contributed by atoms with E-state index in [0.29, 0.717) is 17.9 Å². The minimum atomic E-state index is -0.357. The maximum absolute atomic E-state index is 11.9. The van der Waals surface area contributed by atoms with Crippen molar-refractivity contribution in [3.8, 4) is 16.3 Å². The monoisotopic (exact) mass is 398 g/mol. The Balaban J connectivity index is 1.48. The zero-order valence-electron chi connectivity index (χ0n) is 14.9. The summed E-state index contributed by atoms with van der Waals surface area (Å²) in [7, 11) is 1.59. The van der Waals surface area contributed by atoms with Gasteiger partial charge in [0.2, 0.25) is 0 Å². The molecule has 1 aromatic carbocycles. The van der Waals surface area contributed by atoms with Crippen molar-refractivity contribution in [3.63, 3.8) is 0 Å². The molecular weight excluding hydrogens is 380 g/mol. The number of thiazole rings is 1. The van der Waals surface area contributed by atoms with Gasteiger partial charge in [0.15, 0.2) is 0 Å². The van der Waals surface area contributed by atoms with Gasteiger partial charge in [-0.15, -0.1) is 22.7 Å². The molecule has 3 heterocycles.